The van der Waals surface area contributed by atoms with Crippen LogP contribution in [0.5, 0.6) is 0 Å². The molecule has 0 aliphatic heterocycles. The van der Waals surface area contributed by atoms with Gasteiger partial charge in [0.25, 0.3) is 7.82 Å². The van der Waals surface area contributed by atoms with Crippen LogP contribution in [0.3, 0.4) is 0 Å². The maximum atomic E-state index is 13.6. The lowest BCUT2D eigenvalue weighted by molar-refractivity contribution is -0.870. The van der Waals surface area contributed by atoms with Crippen LogP contribution >= 0.6 is 7.82 Å². The lowest BCUT2D eigenvalue weighted by Gasteiger charge is -2.30. The van der Waals surface area contributed by atoms with Gasteiger partial charge in [0.05, 0.1) is 33.8 Å². The number of hydrogen-bond donors (Lipinski definition) is 1. The summed E-state index contributed by atoms with van der Waals surface area (Å²) in [5.74, 6) is -0.551. The van der Waals surface area contributed by atoms with Gasteiger partial charge in [-0.1, -0.05) is 291 Å². The van der Waals surface area contributed by atoms with Gasteiger partial charge in [-0.3, -0.25) is 14.2 Å². The van der Waals surface area contributed by atoms with Gasteiger partial charge in [-0.05, 0) is 115 Å². The minimum atomic E-state index is -4.71. The van der Waals surface area contributed by atoms with E-state index in [1.807, 2.05) is 33.3 Å². The Kier molecular flexibility index (Phi) is 62.1. The summed E-state index contributed by atoms with van der Waals surface area (Å²) < 4.78 is 30.4. The van der Waals surface area contributed by atoms with E-state index < -0.39 is 26.6 Å². The second-order valence-corrected chi connectivity index (χ2v) is 26.4. The molecule has 1 N–H and O–H groups in total. The maximum absolute atomic E-state index is 13.6. The number of nitrogens with one attached hydrogen (secondary N) is 1. The number of allylic oxidation sites excluding steroid dienone is 17. The van der Waals surface area contributed by atoms with Crippen molar-refractivity contribution in [3.05, 3.63) is 109 Å². The molecule has 0 bridgehead atoms. The van der Waals surface area contributed by atoms with E-state index in [-0.39, 0.29) is 24.9 Å². The summed E-state index contributed by atoms with van der Waals surface area (Å²) >= 11 is 0. The van der Waals surface area contributed by atoms with Crippen molar-refractivity contribution in [2.75, 3.05) is 40.9 Å². The lowest BCUT2D eigenvalue weighted by Crippen LogP contribution is -2.47. The molecule has 0 radical (unpaired) electrons. The second-order valence-electron chi connectivity index (χ2n) is 25.0. The van der Waals surface area contributed by atoms with Crippen molar-refractivity contribution in [2.24, 2.45) is 0 Å². The zero-order valence-electron chi connectivity index (χ0n) is 56.7. The third-order valence-corrected chi connectivity index (χ3v) is 16.4. The molecule has 0 spiro atoms. The molecule has 0 aromatic carbocycles. The van der Waals surface area contributed by atoms with Crippen LogP contribution in [0.15, 0.2) is 109 Å². The Labute approximate surface area is 531 Å². The summed E-state index contributed by atoms with van der Waals surface area (Å²) in [7, 11) is 1.17. The van der Waals surface area contributed by atoms with Gasteiger partial charge in [0, 0.05) is 12.8 Å². The summed E-state index contributed by atoms with van der Waals surface area (Å²) in [4.78, 5) is 40.2. The molecule has 3 unspecified atom stereocenters. The average Bonchev–Trinajstić information content (AvgIpc) is 3.65. The maximum Gasteiger partial charge on any atom is 0.306 e. The molecule has 0 aromatic rings. The smallest absolute Gasteiger partial charge is 0.306 e. The van der Waals surface area contributed by atoms with Crippen LogP contribution in [0, 0.1) is 0 Å². The molecule has 0 saturated heterocycles. The first-order valence-corrected chi connectivity index (χ1v) is 37.2. The van der Waals surface area contributed by atoms with Crippen molar-refractivity contribution in [1.82, 2.24) is 5.32 Å². The van der Waals surface area contributed by atoms with Crippen molar-refractivity contribution in [3.8, 4) is 0 Å². The van der Waals surface area contributed by atoms with Crippen molar-refractivity contribution < 1.29 is 37.3 Å². The number of esters is 1. The van der Waals surface area contributed by atoms with E-state index in [2.05, 4.69) is 123 Å². The number of likely N-dealkylation sites (N-methyl/N-ethyl adjacent to an activating group) is 1. The van der Waals surface area contributed by atoms with E-state index in [1.165, 1.54) is 148 Å². The second kappa shape index (κ2) is 64.6. The summed E-state index contributed by atoms with van der Waals surface area (Å²) in [5, 5.41) is 3.04. The van der Waals surface area contributed by atoms with Gasteiger partial charge in [0.15, 0.2) is 0 Å². The van der Waals surface area contributed by atoms with Gasteiger partial charge in [-0.25, -0.2) is 0 Å². The number of nitrogens with zero attached hydrogens (tertiary/aromatic N) is 1. The van der Waals surface area contributed by atoms with Crippen LogP contribution in [0.2, 0.25) is 0 Å². The van der Waals surface area contributed by atoms with Crippen molar-refractivity contribution in [2.45, 2.75) is 322 Å². The van der Waals surface area contributed by atoms with Gasteiger partial charge < -0.3 is 28.5 Å². The number of quaternary nitrogens is 1. The largest absolute Gasteiger partial charge is 0.756 e. The van der Waals surface area contributed by atoms with Crippen LogP contribution in [-0.4, -0.2) is 69.4 Å². The Morgan fingerprint density at radius 2 is 0.744 bits per heavy atom. The third-order valence-electron chi connectivity index (χ3n) is 15.4. The van der Waals surface area contributed by atoms with Crippen molar-refractivity contribution >= 4 is 19.7 Å². The molecule has 0 heterocycles. The molecule has 496 valence electrons. The molecule has 86 heavy (non-hydrogen) atoms. The predicted octanol–water partition coefficient (Wildman–Crippen LogP) is 22.2. The van der Waals surface area contributed by atoms with E-state index in [0.717, 1.165) is 128 Å². The molecular formula is C76H135N2O7P. The molecule has 3 atom stereocenters. The fourth-order valence-corrected chi connectivity index (χ4v) is 10.7. The van der Waals surface area contributed by atoms with E-state index in [0.29, 0.717) is 17.4 Å². The highest BCUT2D eigenvalue weighted by Crippen LogP contribution is 2.38. The van der Waals surface area contributed by atoms with Crippen LogP contribution in [-0.2, 0) is 27.9 Å². The number of amides is 1. The highest BCUT2D eigenvalue weighted by Gasteiger charge is 2.27. The summed E-state index contributed by atoms with van der Waals surface area (Å²) in [6, 6.07) is -0.901. The Morgan fingerprint density at radius 3 is 1.14 bits per heavy atom. The minimum Gasteiger partial charge on any atom is -0.756 e. The van der Waals surface area contributed by atoms with E-state index in [9.17, 15) is 19.0 Å². The normalized spacial score (nSPS) is 14.2. The van der Waals surface area contributed by atoms with Gasteiger partial charge in [-0.15, -0.1) is 0 Å². The number of ether oxygens (including phenoxy) is 1. The summed E-state index contributed by atoms with van der Waals surface area (Å²) in [6.07, 6.45) is 89.2. The van der Waals surface area contributed by atoms with E-state index in [4.69, 9.17) is 13.8 Å². The fraction of sp³-hybridized carbons (Fsp3) is 0.737. The van der Waals surface area contributed by atoms with Crippen LogP contribution < -0.4 is 10.2 Å². The number of carbonyl (C=O) groups is 2. The fourth-order valence-electron chi connectivity index (χ4n) is 9.97. The molecule has 0 aliphatic rings. The molecular weight excluding hydrogens is 1080 g/mol. The quantitative estimate of drug-likeness (QED) is 0.0212. The lowest BCUT2D eigenvalue weighted by atomic mass is 10.0. The highest BCUT2D eigenvalue weighted by molar-refractivity contribution is 7.45. The first-order chi connectivity index (χ1) is 41.9. The predicted molar refractivity (Wildman–Crippen MR) is 371 cm³/mol. The Balaban J connectivity index is 5.08. The monoisotopic (exact) mass is 1220 g/mol. The SMILES string of the molecule is CC/C=C\C/C=C\C/C=C\C/C=C\C/C=C\CCCCCCCCCCCCCC(=O)OC(/C=C\CCCCCCCCCCCC)C(COP(=O)([O-])OCC[N+](C)(C)C)NC(=O)CCCCCCCCCC/C=C\C/C=C\C/C=C\CCCCC. The number of rotatable bonds is 64. The Hall–Kier alpha value is -3.33. The zero-order chi connectivity index (χ0) is 62.8. The number of phosphoric ester groups is 1. The van der Waals surface area contributed by atoms with E-state index >= 15 is 0 Å². The van der Waals surface area contributed by atoms with Gasteiger partial charge in [0.1, 0.15) is 19.3 Å². The zero-order valence-corrected chi connectivity index (χ0v) is 57.6. The molecule has 0 rings (SSSR count). The minimum absolute atomic E-state index is 0.0285. The number of hydrogen-bond acceptors (Lipinski definition) is 7. The average molecular weight is 1220 g/mol. The molecule has 0 aliphatic carbocycles. The summed E-state index contributed by atoms with van der Waals surface area (Å²) in [6.45, 7) is 6.71. The number of phosphoric acid groups is 1. The van der Waals surface area contributed by atoms with Crippen LogP contribution in [0.1, 0.15) is 310 Å². The number of unbranched alkanes of at least 4 members (excludes halogenated alkanes) is 32. The van der Waals surface area contributed by atoms with Gasteiger partial charge in [0.2, 0.25) is 5.91 Å². The molecule has 0 saturated carbocycles. The molecule has 0 fully saturated rings. The van der Waals surface area contributed by atoms with Crippen molar-refractivity contribution in [3.63, 3.8) is 0 Å². The summed E-state index contributed by atoms with van der Waals surface area (Å²) in [5.41, 5.74) is 0. The molecule has 10 heteroatoms. The van der Waals surface area contributed by atoms with Gasteiger partial charge in [-0.2, -0.15) is 0 Å². The third kappa shape index (κ3) is 65.1. The molecule has 1 amide bonds. The van der Waals surface area contributed by atoms with Crippen LogP contribution in [0.4, 0.5) is 0 Å². The van der Waals surface area contributed by atoms with Gasteiger partial charge >= 0.3 is 5.97 Å². The standard InChI is InChI=1S/C76H135N2O7P/c1-7-10-13-16-19-22-25-28-30-32-34-36-37-38-39-40-41-43-45-47-49-51-54-57-60-63-66-69-76(80)85-74(67-64-61-58-55-52-27-24-21-18-15-12-9-3)73(72-84-86(81,82)83-71-70-78(4,5)6)77-75(79)68-65-62-59-56-53-50-48-46-44-42-35-33-31-29-26-23-20-17-14-11-8-2/h10,13,19-20,22-23,28-31,34-36,38-39,42,64,67,73-74H,7-9,11-12,14-18,21,24-27,32-33,37,40-41,43-63,65-66,68-72H2,1-6H3,(H-,77,79,81,82)/b13-10-,22-19-,23-20-,30-28-,31-29-,36-34-,39-38-,42-35-,67-64-. The van der Waals surface area contributed by atoms with Crippen molar-refractivity contribution in [1.29, 1.82) is 0 Å². The first-order valence-electron chi connectivity index (χ1n) is 35.7. The molecule has 9 nitrogen and oxygen atoms in total. The topological polar surface area (TPSA) is 114 Å². The Bertz CT molecular complexity index is 1840. The highest BCUT2D eigenvalue weighted by atomic mass is 31.2. The molecule has 0 aromatic heterocycles. The van der Waals surface area contributed by atoms with Crippen LogP contribution in [0.25, 0.3) is 0 Å². The van der Waals surface area contributed by atoms with E-state index in [1.54, 1.807) is 0 Å². The number of carbonyl (C=O) groups excluding carboxylic acids is 2. The Morgan fingerprint density at radius 1 is 0.419 bits per heavy atom. The first kappa shape index (κ1) is 82.7.